The van der Waals surface area contributed by atoms with E-state index in [1.54, 1.807) is 24.3 Å². The Morgan fingerprint density at radius 1 is 1.08 bits per heavy atom. The van der Waals surface area contributed by atoms with Crippen LogP contribution in [0.4, 0.5) is 13.2 Å². The number of β-amino-alcohol motifs (C(OH)–C–C–N with tert-alkyl or cyclic N) is 1. The molecule has 3 rings (SSSR count). The average molecular weight is 386 g/mol. The van der Waals surface area contributed by atoms with E-state index in [9.17, 15) is 18.3 Å². The third kappa shape index (κ3) is 4.90. The summed E-state index contributed by atoms with van der Waals surface area (Å²) in [4.78, 5) is 2.01. The molecular weight excluding hydrogens is 367 g/mol. The standard InChI is InChI=1S/C19H19ClF3NO2/c20-15-5-7-16(8-6-15)26-18-9-10-24(12-17(18)25)11-13-1-3-14(4-2-13)19(21,22)23/h1-8,17-18,25H,9-12H2/t17-,18-/m1/s1. The van der Waals surface area contributed by atoms with Crippen molar-refractivity contribution in [3.8, 4) is 5.75 Å². The third-order valence-corrected chi connectivity index (χ3v) is 4.64. The zero-order chi connectivity index (χ0) is 18.7. The number of alkyl halides is 3. The van der Waals surface area contributed by atoms with Crippen LogP contribution in [0, 0.1) is 0 Å². The van der Waals surface area contributed by atoms with Gasteiger partial charge in [0.25, 0.3) is 0 Å². The molecule has 0 unspecified atom stereocenters. The number of ether oxygens (including phenoxy) is 1. The number of hydrogen-bond acceptors (Lipinski definition) is 3. The van der Waals surface area contributed by atoms with Crippen molar-refractivity contribution in [2.45, 2.75) is 31.3 Å². The summed E-state index contributed by atoms with van der Waals surface area (Å²) in [5.41, 5.74) is 0.124. The lowest BCUT2D eigenvalue weighted by molar-refractivity contribution is -0.137. The molecule has 0 bridgehead atoms. The summed E-state index contributed by atoms with van der Waals surface area (Å²) in [5.74, 6) is 0.648. The molecule has 2 aromatic rings. The lowest BCUT2D eigenvalue weighted by Gasteiger charge is -2.36. The monoisotopic (exact) mass is 385 g/mol. The van der Waals surface area contributed by atoms with Gasteiger partial charge in [0, 0.05) is 24.7 Å². The van der Waals surface area contributed by atoms with Gasteiger partial charge < -0.3 is 9.84 Å². The summed E-state index contributed by atoms with van der Waals surface area (Å²) in [6.45, 7) is 1.58. The van der Waals surface area contributed by atoms with Gasteiger partial charge in [-0.1, -0.05) is 23.7 Å². The second-order valence-corrected chi connectivity index (χ2v) is 6.83. The zero-order valence-corrected chi connectivity index (χ0v) is 14.7. The highest BCUT2D eigenvalue weighted by atomic mass is 35.5. The number of aliphatic hydroxyl groups excluding tert-OH is 1. The first kappa shape index (κ1) is 19.0. The molecular formula is C19H19ClF3NO2. The maximum Gasteiger partial charge on any atom is 0.416 e. The van der Waals surface area contributed by atoms with Crippen LogP contribution < -0.4 is 4.74 Å². The minimum Gasteiger partial charge on any atom is -0.488 e. The Hall–Kier alpha value is -1.76. The van der Waals surface area contributed by atoms with E-state index in [1.807, 2.05) is 4.90 Å². The Morgan fingerprint density at radius 3 is 2.31 bits per heavy atom. The second-order valence-electron chi connectivity index (χ2n) is 6.40. The third-order valence-electron chi connectivity index (χ3n) is 4.39. The zero-order valence-electron chi connectivity index (χ0n) is 13.9. The van der Waals surface area contributed by atoms with E-state index in [0.717, 1.165) is 17.7 Å². The first-order valence-electron chi connectivity index (χ1n) is 8.30. The molecule has 0 saturated carbocycles. The van der Waals surface area contributed by atoms with E-state index in [2.05, 4.69) is 0 Å². The van der Waals surface area contributed by atoms with Gasteiger partial charge in [-0.2, -0.15) is 13.2 Å². The van der Waals surface area contributed by atoms with Crippen LogP contribution in [0.15, 0.2) is 48.5 Å². The van der Waals surface area contributed by atoms with E-state index in [-0.39, 0.29) is 6.10 Å². The Bertz CT molecular complexity index is 719. The minimum absolute atomic E-state index is 0.319. The van der Waals surface area contributed by atoms with Crippen LogP contribution in [0.25, 0.3) is 0 Å². The highest BCUT2D eigenvalue weighted by Gasteiger charge is 2.31. The van der Waals surface area contributed by atoms with E-state index < -0.39 is 17.8 Å². The van der Waals surface area contributed by atoms with Crippen molar-refractivity contribution in [1.29, 1.82) is 0 Å². The Labute approximate surface area is 155 Å². The summed E-state index contributed by atoms with van der Waals surface area (Å²) in [6.07, 6.45) is -4.69. The van der Waals surface area contributed by atoms with Crippen molar-refractivity contribution in [1.82, 2.24) is 4.90 Å². The molecule has 1 heterocycles. The van der Waals surface area contributed by atoms with Crippen LogP contribution in [0.2, 0.25) is 5.02 Å². The second kappa shape index (κ2) is 7.86. The van der Waals surface area contributed by atoms with Gasteiger partial charge in [0.2, 0.25) is 0 Å². The van der Waals surface area contributed by atoms with Crippen LogP contribution in [-0.4, -0.2) is 35.3 Å². The smallest absolute Gasteiger partial charge is 0.416 e. The molecule has 1 saturated heterocycles. The fraction of sp³-hybridized carbons (Fsp3) is 0.368. The topological polar surface area (TPSA) is 32.7 Å². The van der Waals surface area contributed by atoms with Gasteiger partial charge in [-0.3, -0.25) is 4.90 Å². The molecule has 0 radical (unpaired) electrons. The Balaban J connectivity index is 1.54. The largest absolute Gasteiger partial charge is 0.488 e. The summed E-state index contributed by atoms with van der Waals surface area (Å²) in [5, 5.41) is 11.0. The number of benzene rings is 2. The highest BCUT2D eigenvalue weighted by molar-refractivity contribution is 6.30. The Kier molecular flexibility index (Phi) is 5.75. The molecule has 7 heteroatoms. The summed E-state index contributed by atoms with van der Waals surface area (Å²) in [7, 11) is 0. The molecule has 0 aromatic heterocycles. The van der Waals surface area contributed by atoms with Gasteiger partial charge in [0.05, 0.1) is 5.56 Å². The molecule has 1 fully saturated rings. The molecule has 1 aliphatic rings. The molecule has 3 nitrogen and oxygen atoms in total. The van der Waals surface area contributed by atoms with E-state index >= 15 is 0 Å². The number of piperidine rings is 1. The fourth-order valence-electron chi connectivity index (χ4n) is 3.00. The molecule has 0 spiro atoms. The SMILES string of the molecule is O[C@@H]1CN(Cc2ccc(C(F)(F)F)cc2)CC[C@H]1Oc1ccc(Cl)cc1. The average Bonchev–Trinajstić information content (AvgIpc) is 2.59. The van der Waals surface area contributed by atoms with Crippen LogP contribution in [0.1, 0.15) is 17.5 Å². The van der Waals surface area contributed by atoms with Crippen LogP contribution in [0.5, 0.6) is 5.75 Å². The number of halogens is 4. The van der Waals surface area contributed by atoms with Crippen LogP contribution in [-0.2, 0) is 12.7 Å². The molecule has 2 aromatic carbocycles. The van der Waals surface area contributed by atoms with Crippen molar-refractivity contribution in [3.05, 3.63) is 64.7 Å². The predicted molar refractivity (Wildman–Crippen MR) is 93.2 cm³/mol. The molecule has 0 aliphatic carbocycles. The van der Waals surface area contributed by atoms with Crippen molar-refractivity contribution >= 4 is 11.6 Å². The maximum atomic E-state index is 12.6. The number of likely N-dealkylation sites (tertiary alicyclic amines) is 1. The van der Waals surface area contributed by atoms with E-state index in [4.69, 9.17) is 16.3 Å². The number of aliphatic hydroxyl groups is 1. The minimum atomic E-state index is -4.33. The van der Waals surface area contributed by atoms with Crippen molar-refractivity contribution in [2.24, 2.45) is 0 Å². The quantitative estimate of drug-likeness (QED) is 0.848. The van der Waals surface area contributed by atoms with Crippen molar-refractivity contribution < 1.29 is 23.0 Å². The molecule has 140 valence electrons. The summed E-state index contributed by atoms with van der Waals surface area (Å²) in [6, 6.07) is 12.1. The van der Waals surface area contributed by atoms with Gasteiger partial charge in [-0.25, -0.2) is 0 Å². The lowest BCUT2D eigenvalue weighted by atomic mass is 10.0. The van der Waals surface area contributed by atoms with Gasteiger partial charge in [0.1, 0.15) is 18.0 Å². The molecule has 1 N–H and O–H groups in total. The summed E-state index contributed by atoms with van der Waals surface area (Å²) < 4.78 is 43.6. The van der Waals surface area contributed by atoms with E-state index in [0.29, 0.717) is 36.8 Å². The van der Waals surface area contributed by atoms with Gasteiger partial charge in [0.15, 0.2) is 0 Å². The normalized spacial score (nSPS) is 21.6. The lowest BCUT2D eigenvalue weighted by Crippen LogP contribution is -2.48. The summed E-state index contributed by atoms with van der Waals surface area (Å²) >= 11 is 5.84. The molecule has 26 heavy (non-hydrogen) atoms. The van der Waals surface area contributed by atoms with Gasteiger partial charge >= 0.3 is 6.18 Å². The number of rotatable bonds is 4. The first-order valence-corrected chi connectivity index (χ1v) is 8.68. The fourth-order valence-corrected chi connectivity index (χ4v) is 3.13. The van der Waals surface area contributed by atoms with Crippen LogP contribution >= 0.6 is 11.6 Å². The van der Waals surface area contributed by atoms with E-state index in [1.165, 1.54) is 12.1 Å². The number of nitrogens with zero attached hydrogens (tertiary/aromatic N) is 1. The molecule has 1 aliphatic heterocycles. The van der Waals surface area contributed by atoms with Gasteiger partial charge in [-0.05, 0) is 48.4 Å². The van der Waals surface area contributed by atoms with Gasteiger partial charge in [-0.15, -0.1) is 0 Å². The van der Waals surface area contributed by atoms with Crippen LogP contribution in [0.3, 0.4) is 0 Å². The molecule has 0 amide bonds. The highest BCUT2D eigenvalue weighted by Crippen LogP contribution is 2.29. The predicted octanol–water partition coefficient (Wildman–Crippen LogP) is 4.37. The molecule has 2 atom stereocenters. The Morgan fingerprint density at radius 2 is 1.73 bits per heavy atom. The first-order chi connectivity index (χ1) is 12.3. The number of hydrogen-bond donors (Lipinski definition) is 1. The maximum absolute atomic E-state index is 12.6. The van der Waals surface area contributed by atoms with Crippen molar-refractivity contribution in [2.75, 3.05) is 13.1 Å². The van der Waals surface area contributed by atoms with Crippen molar-refractivity contribution in [3.63, 3.8) is 0 Å².